The van der Waals surface area contributed by atoms with Crippen molar-refractivity contribution >= 4 is 34.5 Å². The molecule has 0 unspecified atom stereocenters. The van der Waals surface area contributed by atoms with Crippen LogP contribution in [0.4, 0.5) is 19.0 Å². The number of rotatable bonds is 5. The molecule has 0 aromatic carbocycles. The summed E-state index contributed by atoms with van der Waals surface area (Å²) < 4.78 is 37.6. The van der Waals surface area contributed by atoms with Gasteiger partial charge in [0.05, 0.1) is 0 Å². The molecule has 0 atom stereocenters. The van der Waals surface area contributed by atoms with Gasteiger partial charge in [0.1, 0.15) is 17.0 Å². The lowest BCUT2D eigenvalue weighted by atomic mass is 10.3. The van der Waals surface area contributed by atoms with Gasteiger partial charge in [-0.25, -0.2) is 4.98 Å². The molecule has 2 aromatic rings. The number of aliphatic imine (C=N–C) groups is 1. The van der Waals surface area contributed by atoms with Gasteiger partial charge in [-0.15, -0.1) is 16.9 Å². The summed E-state index contributed by atoms with van der Waals surface area (Å²) in [5, 5.41) is 10.2. The van der Waals surface area contributed by atoms with Crippen LogP contribution in [0.2, 0.25) is 0 Å². The topological polar surface area (TPSA) is 119 Å². The molecular formula is C12H14F3N7S. The first-order valence-electron chi connectivity index (χ1n) is 6.48. The highest BCUT2D eigenvalue weighted by atomic mass is 32.2. The number of thioether (sulfide) groups is 1. The smallest absolute Gasteiger partial charge is 0.395 e. The van der Waals surface area contributed by atoms with Gasteiger partial charge in [0, 0.05) is 22.9 Å². The molecule has 0 aliphatic carbocycles. The highest BCUT2D eigenvalue weighted by molar-refractivity contribution is 8.00. The van der Waals surface area contributed by atoms with Gasteiger partial charge in [0.15, 0.2) is 0 Å². The number of aromatic nitrogens is 4. The van der Waals surface area contributed by atoms with Crippen LogP contribution in [0.3, 0.4) is 0 Å². The maximum Gasteiger partial charge on any atom is 0.430 e. The van der Waals surface area contributed by atoms with E-state index in [1.54, 1.807) is 13.0 Å². The average Bonchev–Trinajstić information content (AvgIpc) is 2.91. The molecule has 11 heteroatoms. The zero-order chi connectivity index (χ0) is 17.0. The van der Waals surface area contributed by atoms with Crippen LogP contribution in [0.15, 0.2) is 27.7 Å². The molecule has 0 fully saturated rings. The summed E-state index contributed by atoms with van der Waals surface area (Å²) in [6.07, 6.45) is -3.75. The molecule has 0 radical (unpaired) electrons. The molecule has 2 heterocycles. The monoisotopic (exact) mass is 345 g/mol. The van der Waals surface area contributed by atoms with E-state index in [1.165, 1.54) is 11.8 Å². The quantitative estimate of drug-likeness (QED) is 0.562. The molecule has 7 nitrogen and oxygen atoms in total. The second kappa shape index (κ2) is 6.86. The number of nitrogens with one attached hydrogen (secondary N) is 1. The largest absolute Gasteiger partial charge is 0.430 e. The van der Waals surface area contributed by atoms with E-state index in [4.69, 9.17) is 11.5 Å². The third kappa shape index (κ3) is 4.34. The normalized spacial score (nSPS) is 13.7. The minimum Gasteiger partial charge on any atom is -0.395 e. The standard InChI is InChI=1S/C12H14F3N7S/c1-2-18-6(3-8(16)12(13,14)15)5-23-7-4-9(17)19-11-10(7)20-22-21-11/h3-4H,2,5,16H2,1H3,(H3,17,19,20,21,22). The number of anilines is 1. The molecule has 23 heavy (non-hydrogen) atoms. The Hall–Kier alpha value is -2.30. The summed E-state index contributed by atoms with van der Waals surface area (Å²) in [7, 11) is 0. The number of nitrogens with zero attached hydrogens (tertiary/aromatic N) is 4. The van der Waals surface area contributed by atoms with E-state index in [1.807, 2.05) is 0 Å². The minimum absolute atomic E-state index is 0.177. The summed E-state index contributed by atoms with van der Waals surface area (Å²) in [6.45, 7) is 2.07. The summed E-state index contributed by atoms with van der Waals surface area (Å²) in [6, 6.07) is 1.58. The Morgan fingerprint density at radius 2 is 2.17 bits per heavy atom. The van der Waals surface area contributed by atoms with Gasteiger partial charge in [0.2, 0.25) is 5.65 Å². The van der Waals surface area contributed by atoms with E-state index in [0.717, 1.165) is 6.08 Å². The first-order valence-corrected chi connectivity index (χ1v) is 7.47. The van der Waals surface area contributed by atoms with Gasteiger partial charge in [-0.05, 0) is 19.1 Å². The molecule has 0 amide bonds. The average molecular weight is 345 g/mol. The summed E-state index contributed by atoms with van der Waals surface area (Å²) >= 11 is 1.23. The van der Waals surface area contributed by atoms with Gasteiger partial charge in [-0.1, -0.05) is 0 Å². The van der Waals surface area contributed by atoms with Crippen LogP contribution in [-0.4, -0.2) is 44.6 Å². The molecule has 0 spiro atoms. The van der Waals surface area contributed by atoms with Crippen LogP contribution in [0, 0.1) is 0 Å². The summed E-state index contributed by atoms with van der Waals surface area (Å²) in [5.74, 6) is 0.420. The maximum atomic E-state index is 12.5. The van der Waals surface area contributed by atoms with Crippen molar-refractivity contribution in [2.75, 3.05) is 18.0 Å². The molecule has 0 saturated carbocycles. The van der Waals surface area contributed by atoms with Crippen molar-refractivity contribution < 1.29 is 13.2 Å². The molecule has 0 aliphatic rings. The lowest BCUT2D eigenvalue weighted by Gasteiger charge is -2.08. The van der Waals surface area contributed by atoms with Gasteiger partial charge in [0.25, 0.3) is 0 Å². The fourth-order valence-corrected chi connectivity index (χ4v) is 2.64. The highest BCUT2D eigenvalue weighted by Gasteiger charge is 2.31. The van der Waals surface area contributed by atoms with E-state index in [-0.39, 0.29) is 17.3 Å². The number of alkyl halides is 3. The number of aromatic amines is 1. The molecule has 5 N–H and O–H groups in total. The van der Waals surface area contributed by atoms with Crippen LogP contribution < -0.4 is 11.5 Å². The van der Waals surface area contributed by atoms with E-state index < -0.39 is 11.9 Å². The Bertz CT molecular complexity index is 751. The van der Waals surface area contributed by atoms with E-state index >= 15 is 0 Å². The molecule has 124 valence electrons. The minimum atomic E-state index is -4.58. The molecular weight excluding hydrogens is 331 g/mol. The van der Waals surface area contributed by atoms with Crippen LogP contribution in [-0.2, 0) is 0 Å². The molecule has 0 bridgehead atoms. The number of allylic oxidation sites excluding steroid dienone is 2. The second-order valence-corrected chi connectivity index (χ2v) is 5.41. The Morgan fingerprint density at radius 1 is 1.43 bits per heavy atom. The number of hydrogen-bond donors (Lipinski definition) is 3. The van der Waals surface area contributed by atoms with Gasteiger partial charge in [-0.3, -0.25) is 4.99 Å². The van der Waals surface area contributed by atoms with Gasteiger partial charge in [-0.2, -0.15) is 23.5 Å². The maximum absolute atomic E-state index is 12.5. The predicted octanol–water partition coefficient (Wildman–Crippen LogP) is 1.89. The van der Waals surface area contributed by atoms with Crippen molar-refractivity contribution in [1.82, 2.24) is 20.4 Å². The highest BCUT2D eigenvalue weighted by Crippen LogP contribution is 2.27. The molecule has 0 aliphatic heterocycles. The molecule has 2 rings (SSSR count). The SMILES string of the molecule is CCN=C(C=C(N)C(F)(F)F)CSc1cc(N)nc2n[nH]nc12. The molecule has 0 saturated heterocycles. The number of nitrogen functional groups attached to an aromatic ring is 1. The van der Waals surface area contributed by atoms with E-state index in [9.17, 15) is 13.2 Å². The lowest BCUT2D eigenvalue weighted by molar-refractivity contribution is -0.0925. The van der Waals surface area contributed by atoms with Crippen molar-refractivity contribution in [3.63, 3.8) is 0 Å². The fourth-order valence-electron chi connectivity index (χ4n) is 1.68. The predicted molar refractivity (Wildman–Crippen MR) is 83.1 cm³/mol. The van der Waals surface area contributed by atoms with Crippen LogP contribution in [0.1, 0.15) is 6.92 Å². The van der Waals surface area contributed by atoms with Crippen LogP contribution >= 0.6 is 11.8 Å². The summed E-state index contributed by atoms with van der Waals surface area (Å²) in [4.78, 5) is 8.66. The number of H-pyrrole nitrogens is 1. The Morgan fingerprint density at radius 3 is 2.83 bits per heavy atom. The zero-order valence-corrected chi connectivity index (χ0v) is 12.9. The number of nitrogens with two attached hydrogens (primary N) is 2. The van der Waals surface area contributed by atoms with Crippen LogP contribution in [0.5, 0.6) is 0 Å². The second-order valence-electron chi connectivity index (χ2n) is 4.39. The van der Waals surface area contributed by atoms with Crippen molar-refractivity contribution in [2.45, 2.75) is 18.0 Å². The number of hydrogen-bond acceptors (Lipinski definition) is 7. The fraction of sp³-hybridized carbons (Fsp3) is 0.333. The van der Waals surface area contributed by atoms with E-state index in [0.29, 0.717) is 22.6 Å². The van der Waals surface area contributed by atoms with Gasteiger partial charge >= 0.3 is 6.18 Å². The Balaban J connectivity index is 2.22. The number of pyridine rings is 1. The number of fused-ring (bicyclic) bond motifs is 1. The zero-order valence-electron chi connectivity index (χ0n) is 12.1. The lowest BCUT2D eigenvalue weighted by Crippen LogP contribution is -2.21. The van der Waals surface area contributed by atoms with Crippen molar-refractivity contribution in [1.29, 1.82) is 0 Å². The molecule has 2 aromatic heterocycles. The van der Waals surface area contributed by atoms with Crippen molar-refractivity contribution in [2.24, 2.45) is 10.7 Å². The van der Waals surface area contributed by atoms with Crippen molar-refractivity contribution in [3.8, 4) is 0 Å². The number of halogens is 3. The summed E-state index contributed by atoms with van der Waals surface area (Å²) in [5.41, 5.74) is 10.6. The third-order valence-corrected chi connectivity index (χ3v) is 3.73. The first-order chi connectivity index (χ1) is 10.8. The van der Waals surface area contributed by atoms with Crippen LogP contribution in [0.25, 0.3) is 11.2 Å². The van der Waals surface area contributed by atoms with Gasteiger partial charge < -0.3 is 11.5 Å². The first kappa shape index (κ1) is 17.1. The van der Waals surface area contributed by atoms with E-state index in [2.05, 4.69) is 25.4 Å². The third-order valence-electron chi connectivity index (χ3n) is 2.66. The van der Waals surface area contributed by atoms with Crippen molar-refractivity contribution in [3.05, 3.63) is 17.8 Å². The Labute approximate surface area is 133 Å². The Kier molecular flexibility index (Phi) is 5.08.